The van der Waals surface area contributed by atoms with Crippen LogP contribution >= 0.6 is 15.9 Å². The standard InChI is InChI=1S/C12H17BrO4S/c1-9(14)11-8-10(13)4-5-12(11)17-6-3-7-18(2,15)16/h4-5,8-9,14H,3,6-7H2,1-2H3/t9-/m0/s1. The van der Waals surface area contributed by atoms with E-state index in [0.29, 0.717) is 24.3 Å². The fourth-order valence-electron chi connectivity index (χ4n) is 1.48. The summed E-state index contributed by atoms with van der Waals surface area (Å²) in [5.41, 5.74) is 0.684. The molecule has 0 saturated heterocycles. The average Bonchev–Trinajstić information content (AvgIpc) is 2.24. The van der Waals surface area contributed by atoms with Gasteiger partial charge < -0.3 is 9.84 Å². The quantitative estimate of drug-likeness (QED) is 0.809. The molecule has 0 heterocycles. The molecule has 0 saturated carbocycles. The molecule has 0 amide bonds. The molecular formula is C12H17BrO4S. The van der Waals surface area contributed by atoms with Crippen molar-refractivity contribution < 1.29 is 18.3 Å². The minimum absolute atomic E-state index is 0.105. The van der Waals surface area contributed by atoms with E-state index in [0.717, 1.165) is 4.47 Å². The molecule has 1 aromatic rings. The normalized spacial score (nSPS) is 13.3. The van der Waals surface area contributed by atoms with Crippen LogP contribution in [0, 0.1) is 0 Å². The summed E-state index contributed by atoms with van der Waals surface area (Å²) in [5.74, 6) is 0.690. The molecule has 0 spiro atoms. The second-order valence-electron chi connectivity index (χ2n) is 4.19. The maximum absolute atomic E-state index is 11.0. The van der Waals surface area contributed by atoms with E-state index in [4.69, 9.17) is 4.74 Å². The number of hydrogen-bond donors (Lipinski definition) is 1. The summed E-state index contributed by atoms with van der Waals surface area (Å²) in [5, 5.41) is 9.62. The van der Waals surface area contributed by atoms with Gasteiger partial charge in [-0.25, -0.2) is 8.42 Å². The van der Waals surface area contributed by atoms with Crippen molar-refractivity contribution >= 4 is 25.8 Å². The molecule has 4 nitrogen and oxygen atoms in total. The Bertz CT molecular complexity index is 497. The lowest BCUT2D eigenvalue weighted by Crippen LogP contribution is -2.09. The van der Waals surface area contributed by atoms with Crippen LogP contribution in [0.5, 0.6) is 5.75 Å². The van der Waals surface area contributed by atoms with Crippen molar-refractivity contribution in [3.63, 3.8) is 0 Å². The van der Waals surface area contributed by atoms with E-state index < -0.39 is 15.9 Å². The summed E-state index contributed by atoms with van der Waals surface area (Å²) in [6.45, 7) is 1.97. The van der Waals surface area contributed by atoms with Gasteiger partial charge in [0.2, 0.25) is 0 Å². The van der Waals surface area contributed by atoms with Gasteiger partial charge in [-0.1, -0.05) is 15.9 Å². The summed E-state index contributed by atoms with van der Waals surface area (Å²) in [6.07, 6.45) is 1.01. The molecule has 0 fully saturated rings. The SMILES string of the molecule is C[C@H](O)c1cc(Br)ccc1OCCCS(C)(=O)=O. The van der Waals surface area contributed by atoms with Gasteiger partial charge >= 0.3 is 0 Å². The molecular weight excluding hydrogens is 320 g/mol. The van der Waals surface area contributed by atoms with Gasteiger partial charge in [-0.05, 0) is 31.5 Å². The number of aliphatic hydroxyl groups excluding tert-OH is 1. The lowest BCUT2D eigenvalue weighted by Gasteiger charge is -2.13. The number of aliphatic hydroxyl groups is 1. The van der Waals surface area contributed by atoms with Crippen molar-refractivity contribution in [1.82, 2.24) is 0 Å². The predicted molar refractivity (Wildman–Crippen MR) is 74.6 cm³/mol. The van der Waals surface area contributed by atoms with Crippen LogP contribution in [0.3, 0.4) is 0 Å². The van der Waals surface area contributed by atoms with E-state index in [1.165, 1.54) is 6.26 Å². The highest BCUT2D eigenvalue weighted by Gasteiger charge is 2.10. The minimum atomic E-state index is -2.95. The lowest BCUT2D eigenvalue weighted by molar-refractivity contribution is 0.191. The fourth-order valence-corrected chi connectivity index (χ4v) is 2.50. The van der Waals surface area contributed by atoms with Gasteiger partial charge in [-0.15, -0.1) is 0 Å². The Balaban J connectivity index is 2.62. The maximum atomic E-state index is 11.0. The van der Waals surface area contributed by atoms with Crippen LogP contribution in [0.15, 0.2) is 22.7 Å². The molecule has 6 heteroatoms. The first-order valence-corrected chi connectivity index (χ1v) is 8.43. The summed E-state index contributed by atoms with van der Waals surface area (Å²) < 4.78 is 28.3. The first-order chi connectivity index (χ1) is 8.29. The molecule has 0 aliphatic carbocycles. The highest BCUT2D eigenvalue weighted by atomic mass is 79.9. The number of hydrogen-bond acceptors (Lipinski definition) is 4. The Morgan fingerprint density at radius 1 is 1.44 bits per heavy atom. The summed E-state index contributed by atoms with van der Waals surface area (Å²) in [7, 11) is -2.95. The van der Waals surface area contributed by atoms with E-state index in [9.17, 15) is 13.5 Å². The first kappa shape index (κ1) is 15.5. The predicted octanol–water partition coefficient (Wildman–Crippen LogP) is 2.32. The van der Waals surface area contributed by atoms with Gasteiger partial charge in [0, 0.05) is 16.3 Å². The summed E-state index contributed by atoms with van der Waals surface area (Å²) >= 11 is 3.33. The Morgan fingerprint density at radius 2 is 2.11 bits per heavy atom. The largest absolute Gasteiger partial charge is 0.493 e. The van der Waals surface area contributed by atoms with Gasteiger partial charge in [0.25, 0.3) is 0 Å². The van der Waals surface area contributed by atoms with Gasteiger partial charge in [0.1, 0.15) is 15.6 Å². The van der Waals surface area contributed by atoms with Crippen LogP contribution in [0.25, 0.3) is 0 Å². The van der Waals surface area contributed by atoms with E-state index in [-0.39, 0.29) is 5.75 Å². The Hall–Kier alpha value is -0.590. The third kappa shape index (κ3) is 5.37. The summed E-state index contributed by atoms with van der Waals surface area (Å²) in [6, 6.07) is 5.36. The second kappa shape index (κ2) is 6.54. The molecule has 0 radical (unpaired) electrons. The first-order valence-electron chi connectivity index (χ1n) is 5.57. The molecule has 18 heavy (non-hydrogen) atoms. The maximum Gasteiger partial charge on any atom is 0.147 e. The van der Waals surface area contributed by atoms with Crippen LogP contribution in [0.2, 0.25) is 0 Å². The highest BCUT2D eigenvalue weighted by Crippen LogP contribution is 2.28. The molecule has 1 N–H and O–H groups in total. The van der Waals surface area contributed by atoms with Gasteiger partial charge in [-0.3, -0.25) is 0 Å². The molecule has 1 rings (SSSR count). The van der Waals surface area contributed by atoms with E-state index in [1.807, 2.05) is 6.07 Å². The molecule has 102 valence electrons. The molecule has 1 aromatic carbocycles. The zero-order chi connectivity index (χ0) is 13.8. The molecule has 0 aliphatic heterocycles. The van der Waals surface area contributed by atoms with Crippen molar-refractivity contribution in [3.05, 3.63) is 28.2 Å². The van der Waals surface area contributed by atoms with Crippen LogP contribution in [-0.4, -0.2) is 32.1 Å². The third-order valence-corrected chi connectivity index (χ3v) is 3.86. The zero-order valence-electron chi connectivity index (χ0n) is 10.4. The van der Waals surface area contributed by atoms with Crippen molar-refractivity contribution in [2.24, 2.45) is 0 Å². The van der Waals surface area contributed by atoms with Crippen molar-refractivity contribution in [2.45, 2.75) is 19.4 Å². The van der Waals surface area contributed by atoms with Gasteiger partial charge in [0.05, 0.1) is 18.5 Å². The topological polar surface area (TPSA) is 63.6 Å². The van der Waals surface area contributed by atoms with Gasteiger partial charge in [0.15, 0.2) is 0 Å². The Labute approximate surface area is 116 Å². The number of rotatable bonds is 6. The van der Waals surface area contributed by atoms with Crippen LogP contribution in [0.1, 0.15) is 25.0 Å². The smallest absolute Gasteiger partial charge is 0.147 e. The van der Waals surface area contributed by atoms with E-state index in [2.05, 4.69) is 15.9 Å². The van der Waals surface area contributed by atoms with Gasteiger partial charge in [-0.2, -0.15) is 0 Å². The lowest BCUT2D eigenvalue weighted by atomic mass is 10.1. The van der Waals surface area contributed by atoms with Crippen molar-refractivity contribution in [2.75, 3.05) is 18.6 Å². The fraction of sp³-hybridized carbons (Fsp3) is 0.500. The van der Waals surface area contributed by atoms with Crippen LogP contribution < -0.4 is 4.74 Å². The monoisotopic (exact) mass is 336 g/mol. The Kier molecular flexibility index (Phi) is 5.62. The number of sulfone groups is 1. The van der Waals surface area contributed by atoms with Crippen molar-refractivity contribution in [3.8, 4) is 5.75 Å². The zero-order valence-corrected chi connectivity index (χ0v) is 12.8. The molecule has 0 aromatic heterocycles. The van der Waals surface area contributed by atoms with E-state index in [1.54, 1.807) is 19.1 Å². The molecule has 0 unspecified atom stereocenters. The van der Waals surface area contributed by atoms with Crippen molar-refractivity contribution in [1.29, 1.82) is 0 Å². The second-order valence-corrected chi connectivity index (χ2v) is 7.37. The van der Waals surface area contributed by atoms with E-state index >= 15 is 0 Å². The molecule has 0 bridgehead atoms. The van der Waals surface area contributed by atoms with Crippen LogP contribution in [0.4, 0.5) is 0 Å². The molecule has 1 atom stereocenters. The Morgan fingerprint density at radius 3 is 2.67 bits per heavy atom. The van der Waals surface area contributed by atoms with Crippen LogP contribution in [-0.2, 0) is 9.84 Å². The number of halogens is 1. The number of benzene rings is 1. The minimum Gasteiger partial charge on any atom is -0.493 e. The number of ether oxygens (including phenoxy) is 1. The summed E-state index contributed by atoms with van der Waals surface area (Å²) in [4.78, 5) is 0. The highest BCUT2D eigenvalue weighted by molar-refractivity contribution is 9.10. The average molecular weight is 337 g/mol. The molecule has 0 aliphatic rings. The third-order valence-electron chi connectivity index (χ3n) is 2.34.